The van der Waals surface area contributed by atoms with Gasteiger partial charge < -0.3 is 14.6 Å². The molecule has 0 aromatic heterocycles. The number of hydrogen-bond acceptors (Lipinski definition) is 4. The standard InChI is InChI=1S/C12H13BrO5/c1-17-10-4-3-8(13)5-7(10)6-9(11(14)15)12(16)18-2/h3-5,9H,6H2,1-2H3,(H,14,15). The van der Waals surface area contributed by atoms with Crippen LogP contribution >= 0.6 is 15.9 Å². The van der Waals surface area contributed by atoms with E-state index in [1.165, 1.54) is 7.11 Å². The first-order valence-electron chi connectivity index (χ1n) is 5.12. The summed E-state index contributed by atoms with van der Waals surface area (Å²) < 4.78 is 10.4. The van der Waals surface area contributed by atoms with Crippen LogP contribution in [0.4, 0.5) is 0 Å². The second-order valence-electron chi connectivity index (χ2n) is 3.57. The average molecular weight is 317 g/mol. The van der Waals surface area contributed by atoms with Crippen molar-refractivity contribution in [2.24, 2.45) is 5.92 Å². The van der Waals surface area contributed by atoms with Gasteiger partial charge in [-0.25, -0.2) is 0 Å². The quantitative estimate of drug-likeness (QED) is 0.663. The van der Waals surface area contributed by atoms with Gasteiger partial charge in [-0.2, -0.15) is 0 Å². The number of aliphatic carboxylic acids is 1. The van der Waals surface area contributed by atoms with Gasteiger partial charge in [0, 0.05) is 10.9 Å². The SMILES string of the molecule is COC(=O)C(Cc1cc(Br)ccc1OC)C(=O)O. The summed E-state index contributed by atoms with van der Waals surface area (Å²) in [7, 11) is 2.65. The van der Waals surface area contributed by atoms with Crippen molar-refractivity contribution in [3.05, 3.63) is 28.2 Å². The van der Waals surface area contributed by atoms with Gasteiger partial charge in [0.25, 0.3) is 0 Å². The molecule has 1 atom stereocenters. The van der Waals surface area contributed by atoms with E-state index in [4.69, 9.17) is 9.84 Å². The maximum absolute atomic E-state index is 11.4. The summed E-state index contributed by atoms with van der Waals surface area (Å²) in [6.45, 7) is 0. The summed E-state index contributed by atoms with van der Waals surface area (Å²) in [5, 5.41) is 9.02. The minimum atomic E-state index is -1.24. The molecule has 0 saturated carbocycles. The van der Waals surface area contributed by atoms with Crippen LogP contribution in [0, 0.1) is 5.92 Å². The Labute approximate surface area is 113 Å². The number of ether oxygens (including phenoxy) is 2. The molecule has 0 radical (unpaired) electrons. The maximum atomic E-state index is 11.4. The second kappa shape index (κ2) is 6.39. The molecule has 5 nitrogen and oxygen atoms in total. The second-order valence-corrected chi connectivity index (χ2v) is 4.49. The number of hydrogen-bond donors (Lipinski definition) is 1. The number of carbonyl (C=O) groups excluding carboxylic acids is 1. The molecule has 0 amide bonds. The number of esters is 1. The molecule has 1 unspecified atom stereocenters. The number of rotatable bonds is 5. The number of carboxylic acids is 1. The van der Waals surface area contributed by atoms with Crippen LogP contribution in [0.2, 0.25) is 0 Å². The lowest BCUT2D eigenvalue weighted by Crippen LogP contribution is -2.27. The fourth-order valence-electron chi connectivity index (χ4n) is 1.54. The van der Waals surface area contributed by atoms with Crippen LogP contribution in [0.5, 0.6) is 5.75 Å². The van der Waals surface area contributed by atoms with Gasteiger partial charge in [0.1, 0.15) is 5.75 Å². The molecule has 0 aliphatic rings. The minimum absolute atomic E-state index is 0.0185. The molecule has 1 aromatic carbocycles. The molecule has 0 fully saturated rings. The van der Waals surface area contributed by atoms with Crippen molar-refractivity contribution in [1.29, 1.82) is 0 Å². The number of carbonyl (C=O) groups is 2. The monoisotopic (exact) mass is 316 g/mol. The highest BCUT2D eigenvalue weighted by Crippen LogP contribution is 2.26. The van der Waals surface area contributed by atoms with Crippen molar-refractivity contribution in [3.8, 4) is 5.75 Å². The Morgan fingerprint density at radius 1 is 1.39 bits per heavy atom. The molecular formula is C12H13BrO5. The summed E-state index contributed by atoms with van der Waals surface area (Å²) >= 11 is 3.29. The zero-order chi connectivity index (χ0) is 13.7. The Morgan fingerprint density at radius 3 is 2.56 bits per heavy atom. The zero-order valence-electron chi connectivity index (χ0n) is 9.97. The van der Waals surface area contributed by atoms with Crippen molar-refractivity contribution in [1.82, 2.24) is 0 Å². The Hall–Kier alpha value is -1.56. The van der Waals surface area contributed by atoms with Crippen LogP contribution in [0.25, 0.3) is 0 Å². The van der Waals surface area contributed by atoms with E-state index in [2.05, 4.69) is 20.7 Å². The lowest BCUT2D eigenvalue weighted by molar-refractivity contribution is -0.156. The maximum Gasteiger partial charge on any atom is 0.320 e. The summed E-state index contributed by atoms with van der Waals surface area (Å²) in [6.07, 6.45) is 0.0185. The van der Waals surface area contributed by atoms with E-state index in [9.17, 15) is 9.59 Å². The number of halogens is 1. The summed E-state index contributed by atoms with van der Waals surface area (Å²) in [5.74, 6) is -2.69. The van der Waals surface area contributed by atoms with Gasteiger partial charge in [0.2, 0.25) is 0 Å². The molecule has 1 N–H and O–H groups in total. The van der Waals surface area contributed by atoms with E-state index in [0.717, 1.165) is 11.6 Å². The van der Waals surface area contributed by atoms with E-state index >= 15 is 0 Å². The van der Waals surface area contributed by atoms with Gasteiger partial charge in [0.15, 0.2) is 5.92 Å². The highest BCUT2D eigenvalue weighted by molar-refractivity contribution is 9.10. The first-order valence-corrected chi connectivity index (χ1v) is 5.92. The summed E-state index contributed by atoms with van der Waals surface area (Å²) in [5.41, 5.74) is 0.629. The van der Waals surface area contributed by atoms with Gasteiger partial charge >= 0.3 is 11.9 Å². The predicted octanol–water partition coefficient (Wildman–Crippen LogP) is 1.87. The van der Waals surface area contributed by atoms with Gasteiger partial charge in [-0.3, -0.25) is 9.59 Å². The van der Waals surface area contributed by atoms with Gasteiger partial charge in [-0.15, -0.1) is 0 Å². The third-order valence-electron chi connectivity index (χ3n) is 2.45. The van der Waals surface area contributed by atoms with Crippen molar-refractivity contribution < 1.29 is 24.2 Å². The number of methoxy groups -OCH3 is 2. The number of carboxylic acid groups (broad SMARTS) is 1. The molecule has 1 rings (SSSR count). The van der Waals surface area contributed by atoms with E-state index in [0.29, 0.717) is 11.3 Å². The molecule has 18 heavy (non-hydrogen) atoms. The summed E-state index contributed by atoms with van der Waals surface area (Å²) in [6, 6.07) is 5.20. The molecule has 0 spiro atoms. The molecule has 0 saturated heterocycles. The average Bonchev–Trinajstić information content (AvgIpc) is 2.34. The number of benzene rings is 1. The van der Waals surface area contributed by atoms with Gasteiger partial charge in [-0.05, 0) is 23.8 Å². The topological polar surface area (TPSA) is 72.8 Å². The van der Waals surface area contributed by atoms with Crippen LogP contribution in [-0.4, -0.2) is 31.3 Å². The Morgan fingerprint density at radius 2 is 2.06 bits per heavy atom. The normalized spacial score (nSPS) is 11.7. The predicted molar refractivity (Wildman–Crippen MR) is 67.5 cm³/mol. The van der Waals surface area contributed by atoms with Gasteiger partial charge in [-0.1, -0.05) is 15.9 Å². The Balaban J connectivity index is 3.03. The molecular weight excluding hydrogens is 304 g/mol. The van der Waals surface area contributed by atoms with Crippen molar-refractivity contribution in [2.45, 2.75) is 6.42 Å². The van der Waals surface area contributed by atoms with Crippen LogP contribution in [0.15, 0.2) is 22.7 Å². The van der Waals surface area contributed by atoms with E-state index in [1.807, 2.05) is 0 Å². The molecule has 1 aromatic rings. The molecule has 6 heteroatoms. The Kier molecular flexibility index (Phi) is 5.15. The van der Waals surface area contributed by atoms with Gasteiger partial charge in [0.05, 0.1) is 14.2 Å². The van der Waals surface area contributed by atoms with Crippen molar-refractivity contribution >= 4 is 27.9 Å². The zero-order valence-corrected chi connectivity index (χ0v) is 11.6. The highest BCUT2D eigenvalue weighted by atomic mass is 79.9. The lowest BCUT2D eigenvalue weighted by atomic mass is 9.99. The van der Waals surface area contributed by atoms with Crippen LogP contribution < -0.4 is 4.74 Å². The summed E-state index contributed by atoms with van der Waals surface area (Å²) in [4.78, 5) is 22.4. The molecule has 0 aliphatic carbocycles. The van der Waals surface area contributed by atoms with Crippen molar-refractivity contribution in [3.63, 3.8) is 0 Å². The fraction of sp³-hybridized carbons (Fsp3) is 0.333. The van der Waals surface area contributed by atoms with E-state index in [-0.39, 0.29) is 6.42 Å². The highest BCUT2D eigenvalue weighted by Gasteiger charge is 2.28. The van der Waals surface area contributed by atoms with Crippen LogP contribution in [0.3, 0.4) is 0 Å². The van der Waals surface area contributed by atoms with Crippen LogP contribution in [-0.2, 0) is 20.7 Å². The first kappa shape index (κ1) is 14.5. The largest absolute Gasteiger partial charge is 0.496 e. The molecule has 0 bridgehead atoms. The third-order valence-corrected chi connectivity index (χ3v) is 2.94. The minimum Gasteiger partial charge on any atom is -0.496 e. The smallest absolute Gasteiger partial charge is 0.320 e. The fourth-order valence-corrected chi connectivity index (χ4v) is 1.95. The molecule has 0 aliphatic heterocycles. The van der Waals surface area contributed by atoms with E-state index < -0.39 is 17.9 Å². The molecule has 98 valence electrons. The third kappa shape index (κ3) is 3.46. The Bertz CT molecular complexity index is 458. The van der Waals surface area contributed by atoms with Crippen LogP contribution in [0.1, 0.15) is 5.56 Å². The first-order chi connectivity index (χ1) is 8.49. The van der Waals surface area contributed by atoms with Crippen molar-refractivity contribution in [2.75, 3.05) is 14.2 Å². The molecule has 0 heterocycles. The van der Waals surface area contributed by atoms with E-state index in [1.54, 1.807) is 18.2 Å². The lowest BCUT2D eigenvalue weighted by Gasteiger charge is -2.13.